The van der Waals surface area contributed by atoms with Crippen molar-refractivity contribution in [2.24, 2.45) is 0 Å². The smallest absolute Gasteiger partial charge is 0.339 e. The molecule has 0 aliphatic heterocycles. The number of hydrogen-bond acceptors (Lipinski definition) is 5. The third-order valence-corrected chi connectivity index (χ3v) is 5.45. The van der Waals surface area contributed by atoms with Crippen molar-refractivity contribution in [3.63, 3.8) is 0 Å². The standard InChI is InChI=1S/C14H15NO2S.C5H4OS.C2H6/c1-8-4-5-10(6-9(8)2)13-12(14(16)17)11(15-3)7-18-13;6-3-5-1-2-7-4-5;1-2/h4-7,15H,1-3H3,(H,16,17);1-4H;1-2H3. The van der Waals surface area contributed by atoms with Gasteiger partial charge in [-0.05, 0) is 42.0 Å². The maximum atomic E-state index is 11.4. The van der Waals surface area contributed by atoms with Gasteiger partial charge in [-0.1, -0.05) is 32.0 Å². The van der Waals surface area contributed by atoms with Crippen LogP contribution in [0.15, 0.2) is 40.4 Å². The maximum absolute atomic E-state index is 11.4. The molecule has 3 rings (SSSR count). The van der Waals surface area contributed by atoms with Gasteiger partial charge in [0.1, 0.15) is 5.56 Å². The highest BCUT2D eigenvalue weighted by Gasteiger charge is 2.19. The summed E-state index contributed by atoms with van der Waals surface area (Å²) in [7, 11) is 1.73. The summed E-state index contributed by atoms with van der Waals surface area (Å²) in [5.41, 5.74) is 5.13. The second-order valence-corrected chi connectivity index (χ2v) is 7.04. The number of carboxylic acids is 1. The first-order chi connectivity index (χ1) is 13.0. The number of thiophene rings is 2. The van der Waals surface area contributed by atoms with E-state index in [2.05, 4.69) is 5.32 Å². The van der Waals surface area contributed by atoms with E-state index < -0.39 is 5.97 Å². The van der Waals surface area contributed by atoms with Crippen molar-refractivity contribution in [3.8, 4) is 10.4 Å². The van der Waals surface area contributed by atoms with Crippen LogP contribution < -0.4 is 5.32 Å². The zero-order valence-corrected chi connectivity index (χ0v) is 17.8. The number of aryl methyl sites for hydroxylation is 2. The third kappa shape index (κ3) is 6.05. The largest absolute Gasteiger partial charge is 0.478 e. The first kappa shape index (κ1) is 22.6. The summed E-state index contributed by atoms with van der Waals surface area (Å²) in [6.07, 6.45) is 0.844. The Morgan fingerprint density at radius 2 is 1.81 bits per heavy atom. The Balaban J connectivity index is 0.000000338. The van der Waals surface area contributed by atoms with Gasteiger partial charge in [-0.15, -0.1) is 11.3 Å². The van der Waals surface area contributed by atoms with E-state index in [4.69, 9.17) is 0 Å². The molecule has 0 spiro atoms. The van der Waals surface area contributed by atoms with Crippen LogP contribution in [0.3, 0.4) is 0 Å². The van der Waals surface area contributed by atoms with Crippen LogP contribution in [-0.4, -0.2) is 24.4 Å². The second kappa shape index (κ2) is 11.3. The predicted octanol–water partition coefficient (Wildman–Crippen LogP) is 6.36. The molecule has 27 heavy (non-hydrogen) atoms. The average Bonchev–Trinajstić information content (AvgIpc) is 3.35. The van der Waals surface area contributed by atoms with Gasteiger partial charge < -0.3 is 10.4 Å². The van der Waals surface area contributed by atoms with Crippen molar-refractivity contribution in [1.29, 1.82) is 0 Å². The molecule has 0 unspecified atom stereocenters. The Morgan fingerprint density at radius 1 is 1.11 bits per heavy atom. The van der Waals surface area contributed by atoms with Crippen molar-refractivity contribution < 1.29 is 14.7 Å². The minimum atomic E-state index is -0.895. The van der Waals surface area contributed by atoms with Crippen LogP contribution in [0.2, 0.25) is 0 Å². The molecule has 0 fully saturated rings. The minimum absolute atomic E-state index is 0.353. The number of carboxylic acid groups (broad SMARTS) is 1. The molecular weight excluding hydrogens is 378 g/mol. The van der Waals surface area contributed by atoms with Gasteiger partial charge in [0, 0.05) is 23.4 Å². The molecule has 0 radical (unpaired) electrons. The minimum Gasteiger partial charge on any atom is -0.478 e. The van der Waals surface area contributed by atoms with E-state index in [1.165, 1.54) is 33.8 Å². The highest BCUT2D eigenvalue weighted by atomic mass is 32.1. The molecule has 2 aromatic heterocycles. The van der Waals surface area contributed by atoms with Crippen molar-refractivity contribution in [2.45, 2.75) is 27.7 Å². The van der Waals surface area contributed by atoms with Crippen LogP contribution in [0.1, 0.15) is 45.7 Å². The van der Waals surface area contributed by atoms with Crippen molar-refractivity contribution >= 4 is 40.6 Å². The monoisotopic (exact) mass is 403 g/mol. The number of carbonyl (C=O) groups is 2. The van der Waals surface area contributed by atoms with Gasteiger partial charge in [-0.3, -0.25) is 4.79 Å². The fourth-order valence-electron chi connectivity index (χ4n) is 2.19. The Hall–Kier alpha value is -2.44. The molecule has 0 amide bonds. The van der Waals surface area contributed by atoms with Crippen molar-refractivity contribution in [3.05, 3.63) is 62.7 Å². The topological polar surface area (TPSA) is 66.4 Å². The Kier molecular flexibility index (Phi) is 9.47. The summed E-state index contributed by atoms with van der Waals surface area (Å²) in [5.74, 6) is -0.895. The molecule has 144 valence electrons. The third-order valence-electron chi connectivity index (χ3n) is 3.72. The van der Waals surface area contributed by atoms with Crippen LogP contribution in [0, 0.1) is 13.8 Å². The number of hydrogen-bond donors (Lipinski definition) is 2. The molecule has 6 heteroatoms. The number of rotatable bonds is 4. The van der Waals surface area contributed by atoms with E-state index in [0.29, 0.717) is 11.3 Å². The quantitative estimate of drug-likeness (QED) is 0.498. The SMILES string of the molecule is CC.CNc1csc(-c2ccc(C)c(C)c2)c1C(=O)O.O=Cc1ccsc1. The van der Waals surface area contributed by atoms with Gasteiger partial charge in [0.05, 0.1) is 10.6 Å². The summed E-state index contributed by atoms with van der Waals surface area (Å²) in [5, 5.41) is 17.8. The lowest BCUT2D eigenvalue weighted by atomic mass is 10.0. The van der Waals surface area contributed by atoms with E-state index >= 15 is 0 Å². The van der Waals surface area contributed by atoms with Gasteiger partial charge in [0.15, 0.2) is 6.29 Å². The van der Waals surface area contributed by atoms with Crippen LogP contribution in [-0.2, 0) is 0 Å². The first-order valence-electron chi connectivity index (χ1n) is 8.55. The van der Waals surface area contributed by atoms with Crippen molar-refractivity contribution in [1.82, 2.24) is 0 Å². The molecule has 0 atom stereocenters. The zero-order chi connectivity index (χ0) is 20.4. The van der Waals surface area contributed by atoms with E-state index in [9.17, 15) is 14.7 Å². The predicted molar refractivity (Wildman–Crippen MR) is 117 cm³/mol. The Labute approximate surface area is 168 Å². The molecule has 0 saturated heterocycles. The number of nitrogens with one attached hydrogen (secondary N) is 1. The summed E-state index contributed by atoms with van der Waals surface area (Å²) >= 11 is 2.99. The summed E-state index contributed by atoms with van der Waals surface area (Å²) in [6.45, 7) is 8.08. The normalized spacial score (nSPS) is 9.37. The van der Waals surface area contributed by atoms with E-state index in [1.807, 2.05) is 62.0 Å². The second-order valence-electron chi connectivity index (χ2n) is 5.38. The Morgan fingerprint density at radius 3 is 2.26 bits per heavy atom. The lowest BCUT2D eigenvalue weighted by molar-refractivity contribution is 0.0699. The van der Waals surface area contributed by atoms with Gasteiger partial charge >= 0.3 is 5.97 Å². The molecule has 3 aromatic rings. The summed E-state index contributed by atoms with van der Waals surface area (Å²) in [6, 6.07) is 7.82. The molecule has 0 aliphatic rings. The first-order valence-corrected chi connectivity index (χ1v) is 10.4. The fraction of sp³-hybridized carbons (Fsp3) is 0.238. The highest BCUT2D eigenvalue weighted by Crippen LogP contribution is 2.36. The fourth-order valence-corrected chi connectivity index (χ4v) is 3.85. The molecular formula is C21H25NO3S2. The van der Waals surface area contributed by atoms with Crippen LogP contribution in [0.25, 0.3) is 10.4 Å². The van der Waals surface area contributed by atoms with Crippen LogP contribution in [0.4, 0.5) is 5.69 Å². The number of benzene rings is 1. The molecule has 0 bridgehead atoms. The summed E-state index contributed by atoms with van der Waals surface area (Å²) in [4.78, 5) is 22.0. The maximum Gasteiger partial charge on any atom is 0.339 e. The Bertz CT molecular complexity index is 868. The van der Waals surface area contributed by atoms with E-state index in [1.54, 1.807) is 13.1 Å². The summed E-state index contributed by atoms with van der Waals surface area (Å²) < 4.78 is 0. The number of anilines is 1. The van der Waals surface area contributed by atoms with Gasteiger partial charge in [0.2, 0.25) is 0 Å². The average molecular weight is 404 g/mol. The molecule has 0 saturated carbocycles. The lowest BCUT2D eigenvalue weighted by Crippen LogP contribution is -2.01. The number of carbonyl (C=O) groups excluding carboxylic acids is 1. The van der Waals surface area contributed by atoms with Crippen LogP contribution >= 0.6 is 22.7 Å². The van der Waals surface area contributed by atoms with E-state index in [0.717, 1.165) is 22.3 Å². The molecule has 2 N–H and O–H groups in total. The van der Waals surface area contributed by atoms with Gasteiger partial charge in [0.25, 0.3) is 0 Å². The van der Waals surface area contributed by atoms with E-state index in [-0.39, 0.29) is 0 Å². The molecule has 4 nitrogen and oxygen atoms in total. The zero-order valence-electron chi connectivity index (χ0n) is 16.2. The molecule has 1 aromatic carbocycles. The highest BCUT2D eigenvalue weighted by molar-refractivity contribution is 7.14. The van der Waals surface area contributed by atoms with Crippen molar-refractivity contribution in [2.75, 3.05) is 12.4 Å². The number of aldehydes is 1. The molecule has 2 heterocycles. The van der Waals surface area contributed by atoms with Crippen LogP contribution in [0.5, 0.6) is 0 Å². The van der Waals surface area contributed by atoms with Gasteiger partial charge in [-0.25, -0.2) is 4.79 Å². The number of aromatic carboxylic acids is 1. The van der Waals surface area contributed by atoms with Gasteiger partial charge in [-0.2, -0.15) is 11.3 Å². The molecule has 0 aliphatic carbocycles. The lowest BCUT2D eigenvalue weighted by Gasteiger charge is -2.06.